The Balaban J connectivity index is 1.80. The van der Waals surface area contributed by atoms with Gasteiger partial charge in [-0.15, -0.1) is 0 Å². The van der Waals surface area contributed by atoms with Gasteiger partial charge in [-0.2, -0.15) is 0 Å². The largest absolute Gasteiger partial charge is 0.398 e. The van der Waals surface area contributed by atoms with Gasteiger partial charge >= 0.3 is 0 Å². The minimum atomic E-state index is 0.838. The quantitative estimate of drug-likeness (QED) is 0.612. The first kappa shape index (κ1) is 11.5. The molecule has 0 saturated heterocycles. The summed E-state index contributed by atoms with van der Waals surface area (Å²) in [5.74, 6) is 0. The predicted octanol–water partition coefficient (Wildman–Crippen LogP) is 2.28. The van der Waals surface area contributed by atoms with Crippen molar-refractivity contribution in [2.24, 2.45) is 0 Å². The van der Waals surface area contributed by atoms with Gasteiger partial charge in [0, 0.05) is 36.9 Å². The van der Waals surface area contributed by atoms with Gasteiger partial charge in [0.2, 0.25) is 0 Å². The van der Waals surface area contributed by atoms with Crippen molar-refractivity contribution in [2.45, 2.75) is 19.9 Å². The van der Waals surface area contributed by atoms with Crippen LogP contribution >= 0.6 is 0 Å². The number of nitrogens with one attached hydrogen (secondary N) is 1. The molecule has 3 N–H and O–H groups in total. The van der Waals surface area contributed by atoms with Crippen molar-refractivity contribution in [2.75, 3.05) is 17.6 Å². The second-order valence-corrected chi connectivity index (χ2v) is 4.10. The van der Waals surface area contributed by atoms with E-state index in [1.807, 2.05) is 31.6 Å². The van der Waals surface area contributed by atoms with Gasteiger partial charge in [0.1, 0.15) is 0 Å². The third-order valence-corrected chi connectivity index (χ3v) is 2.84. The highest BCUT2D eigenvalue weighted by atomic mass is 15.0. The average molecular weight is 230 g/mol. The highest BCUT2D eigenvalue weighted by Crippen LogP contribution is 2.20. The van der Waals surface area contributed by atoms with Crippen molar-refractivity contribution in [1.82, 2.24) is 9.55 Å². The number of nitrogen functional groups attached to an aromatic ring is 1. The molecular weight excluding hydrogens is 212 g/mol. The van der Waals surface area contributed by atoms with E-state index in [1.54, 1.807) is 6.20 Å². The fourth-order valence-corrected chi connectivity index (χ4v) is 1.75. The maximum atomic E-state index is 5.85. The number of rotatable bonds is 5. The lowest BCUT2D eigenvalue weighted by molar-refractivity contribution is 0.660. The first-order chi connectivity index (χ1) is 8.27. The number of aromatic nitrogens is 2. The van der Waals surface area contributed by atoms with E-state index in [-0.39, 0.29) is 0 Å². The normalized spacial score (nSPS) is 10.4. The first-order valence-electron chi connectivity index (χ1n) is 5.82. The molecule has 4 heteroatoms. The van der Waals surface area contributed by atoms with Crippen LogP contribution in [0.25, 0.3) is 0 Å². The second-order valence-electron chi connectivity index (χ2n) is 4.10. The Kier molecular flexibility index (Phi) is 3.65. The van der Waals surface area contributed by atoms with Crippen molar-refractivity contribution < 1.29 is 0 Å². The number of nitrogens with zero attached hydrogens (tertiary/aromatic N) is 2. The molecule has 0 spiro atoms. The van der Waals surface area contributed by atoms with E-state index < -0.39 is 0 Å². The van der Waals surface area contributed by atoms with Gasteiger partial charge in [-0.05, 0) is 31.0 Å². The van der Waals surface area contributed by atoms with Gasteiger partial charge in [0.25, 0.3) is 0 Å². The molecule has 0 unspecified atom stereocenters. The Morgan fingerprint density at radius 3 is 3.06 bits per heavy atom. The Hall–Kier alpha value is -1.97. The molecule has 1 aromatic carbocycles. The van der Waals surface area contributed by atoms with Crippen LogP contribution in [0, 0.1) is 6.92 Å². The van der Waals surface area contributed by atoms with Crippen LogP contribution in [0.3, 0.4) is 0 Å². The van der Waals surface area contributed by atoms with E-state index in [2.05, 4.69) is 20.9 Å². The number of nitrogens with two attached hydrogens (primary N) is 1. The molecule has 0 radical (unpaired) electrons. The molecule has 17 heavy (non-hydrogen) atoms. The lowest BCUT2D eigenvalue weighted by atomic mass is 10.1. The fourth-order valence-electron chi connectivity index (χ4n) is 1.75. The molecule has 2 rings (SSSR count). The van der Waals surface area contributed by atoms with E-state index >= 15 is 0 Å². The molecule has 0 amide bonds. The molecule has 1 aromatic heterocycles. The molecule has 0 bridgehead atoms. The van der Waals surface area contributed by atoms with Crippen molar-refractivity contribution in [1.29, 1.82) is 0 Å². The molecule has 0 fully saturated rings. The first-order valence-corrected chi connectivity index (χ1v) is 5.82. The van der Waals surface area contributed by atoms with Crippen LogP contribution in [0.2, 0.25) is 0 Å². The monoisotopic (exact) mass is 230 g/mol. The maximum absolute atomic E-state index is 5.85. The Morgan fingerprint density at radius 1 is 1.41 bits per heavy atom. The molecule has 0 saturated carbocycles. The molecule has 1 heterocycles. The van der Waals surface area contributed by atoms with Gasteiger partial charge in [0.05, 0.1) is 6.33 Å². The zero-order valence-electron chi connectivity index (χ0n) is 10.1. The van der Waals surface area contributed by atoms with E-state index in [1.165, 1.54) is 0 Å². The Bertz CT molecular complexity index is 462. The molecule has 0 aliphatic heterocycles. The van der Waals surface area contributed by atoms with Crippen LogP contribution < -0.4 is 11.1 Å². The predicted molar refractivity (Wildman–Crippen MR) is 70.9 cm³/mol. The molecule has 0 aliphatic carbocycles. The topological polar surface area (TPSA) is 55.9 Å². The van der Waals surface area contributed by atoms with Crippen LogP contribution in [0.4, 0.5) is 11.4 Å². The summed E-state index contributed by atoms with van der Waals surface area (Å²) in [5, 5.41) is 3.40. The SMILES string of the molecule is Cc1c(N)cccc1NCCCn1ccnc1. The van der Waals surface area contributed by atoms with E-state index in [0.717, 1.165) is 36.4 Å². The molecule has 0 aliphatic rings. The summed E-state index contributed by atoms with van der Waals surface area (Å²) in [5.41, 5.74) is 8.93. The summed E-state index contributed by atoms with van der Waals surface area (Å²) in [6.07, 6.45) is 6.68. The number of anilines is 2. The zero-order chi connectivity index (χ0) is 12.1. The van der Waals surface area contributed by atoms with Crippen LogP contribution in [0.15, 0.2) is 36.9 Å². The maximum Gasteiger partial charge on any atom is 0.0945 e. The minimum absolute atomic E-state index is 0.838. The van der Waals surface area contributed by atoms with Crippen LogP contribution in [-0.4, -0.2) is 16.1 Å². The number of hydrogen-bond donors (Lipinski definition) is 2. The Labute approximate surface area is 101 Å². The second kappa shape index (κ2) is 5.39. The van der Waals surface area contributed by atoms with Crippen molar-refractivity contribution in [3.63, 3.8) is 0 Å². The summed E-state index contributed by atoms with van der Waals surface area (Å²) in [4.78, 5) is 4.01. The highest BCUT2D eigenvalue weighted by Gasteiger charge is 1.99. The average Bonchev–Trinajstić information content (AvgIpc) is 2.83. The van der Waals surface area contributed by atoms with Crippen LogP contribution in [0.5, 0.6) is 0 Å². The molecule has 0 atom stereocenters. The lowest BCUT2D eigenvalue weighted by Gasteiger charge is -2.11. The van der Waals surface area contributed by atoms with Crippen LogP contribution in [0.1, 0.15) is 12.0 Å². The number of imidazole rings is 1. The third-order valence-electron chi connectivity index (χ3n) is 2.84. The summed E-state index contributed by atoms with van der Waals surface area (Å²) < 4.78 is 2.08. The zero-order valence-corrected chi connectivity index (χ0v) is 10.1. The summed E-state index contributed by atoms with van der Waals surface area (Å²) in [6, 6.07) is 5.95. The van der Waals surface area contributed by atoms with Crippen molar-refractivity contribution >= 4 is 11.4 Å². The van der Waals surface area contributed by atoms with Crippen molar-refractivity contribution in [3.8, 4) is 0 Å². The standard InChI is InChI=1S/C13H18N4/c1-11-12(14)4-2-5-13(11)16-6-3-8-17-9-7-15-10-17/h2,4-5,7,9-10,16H,3,6,8,14H2,1H3. The number of benzene rings is 1. The molecule has 90 valence electrons. The van der Waals surface area contributed by atoms with Gasteiger partial charge < -0.3 is 15.6 Å². The fraction of sp³-hybridized carbons (Fsp3) is 0.308. The molecule has 4 nitrogen and oxygen atoms in total. The van der Waals surface area contributed by atoms with E-state index in [0.29, 0.717) is 0 Å². The third kappa shape index (κ3) is 3.00. The molecular formula is C13H18N4. The number of hydrogen-bond acceptors (Lipinski definition) is 3. The van der Waals surface area contributed by atoms with Crippen molar-refractivity contribution in [3.05, 3.63) is 42.5 Å². The lowest BCUT2D eigenvalue weighted by Crippen LogP contribution is -2.07. The summed E-state index contributed by atoms with van der Waals surface area (Å²) in [6.45, 7) is 3.95. The summed E-state index contributed by atoms with van der Waals surface area (Å²) >= 11 is 0. The Morgan fingerprint density at radius 2 is 2.29 bits per heavy atom. The minimum Gasteiger partial charge on any atom is -0.398 e. The smallest absolute Gasteiger partial charge is 0.0945 e. The van der Waals surface area contributed by atoms with E-state index in [4.69, 9.17) is 5.73 Å². The van der Waals surface area contributed by atoms with Gasteiger partial charge in [-0.25, -0.2) is 4.98 Å². The van der Waals surface area contributed by atoms with Gasteiger partial charge in [-0.1, -0.05) is 6.07 Å². The summed E-state index contributed by atoms with van der Waals surface area (Å²) in [7, 11) is 0. The highest BCUT2D eigenvalue weighted by molar-refractivity contribution is 5.62. The van der Waals surface area contributed by atoms with E-state index in [9.17, 15) is 0 Å². The van der Waals surface area contributed by atoms with Gasteiger partial charge in [0.15, 0.2) is 0 Å². The number of aryl methyl sites for hydroxylation is 1. The molecule has 2 aromatic rings. The van der Waals surface area contributed by atoms with Crippen LogP contribution in [-0.2, 0) is 6.54 Å². The van der Waals surface area contributed by atoms with Gasteiger partial charge in [-0.3, -0.25) is 0 Å².